The first-order chi connectivity index (χ1) is 14.2. The summed E-state index contributed by atoms with van der Waals surface area (Å²) in [5, 5.41) is 3.38. The van der Waals surface area contributed by atoms with Gasteiger partial charge in [0.15, 0.2) is 0 Å². The fraction of sp³-hybridized carbons (Fsp3) is 0.708. The topological polar surface area (TPSA) is 50.8 Å². The van der Waals surface area contributed by atoms with Gasteiger partial charge >= 0.3 is 0 Å². The number of nitrogens with zero attached hydrogens (tertiary/aromatic N) is 1. The minimum atomic E-state index is -0.0486. The summed E-state index contributed by atoms with van der Waals surface area (Å²) in [7, 11) is 1.69. The molecule has 29 heavy (non-hydrogen) atoms. The van der Waals surface area contributed by atoms with Gasteiger partial charge < -0.3 is 14.8 Å². The summed E-state index contributed by atoms with van der Waals surface area (Å²) in [6.07, 6.45) is 10.4. The molecule has 0 bridgehead atoms. The van der Waals surface area contributed by atoms with Crippen molar-refractivity contribution >= 4 is 5.91 Å². The van der Waals surface area contributed by atoms with Gasteiger partial charge in [-0.3, -0.25) is 9.69 Å². The number of likely N-dealkylation sites (tertiary alicyclic amines) is 1. The van der Waals surface area contributed by atoms with Gasteiger partial charge in [0, 0.05) is 31.2 Å². The highest BCUT2D eigenvalue weighted by atomic mass is 16.5. The van der Waals surface area contributed by atoms with Crippen LogP contribution in [0.1, 0.15) is 63.4 Å². The lowest BCUT2D eigenvalue weighted by Crippen LogP contribution is -2.55. The number of hydrogen-bond donors (Lipinski definition) is 1. The van der Waals surface area contributed by atoms with Crippen LogP contribution in [0.5, 0.6) is 5.75 Å². The van der Waals surface area contributed by atoms with Crippen LogP contribution >= 0.6 is 0 Å². The van der Waals surface area contributed by atoms with Gasteiger partial charge in [-0.15, -0.1) is 0 Å². The van der Waals surface area contributed by atoms with Crippen molar-refractivity contribution in [2.45, 2.75) is 75.3 Å². The van der Waals surface area contributed by atoms with Crippen molar-refractivity contribution in [1.82, 2.24) is 10.2 Å². The van der Waals surface area contributed by atoms with Gasteiger partial charge in [-0.05, 0) is 62.8 Å². The number of amides is 1. The van der Waals surface area contributed by atoms with E-state index in [1.165, 1.54) is 44.1 Å². The Bertz CT molecular complexity index is 663. The highest BCUT2D eigenvalue weighted by molar-refractivity contribution is 5.82. The monoisotopic (exact) mass is 400 g/mol. The van der Waals surface area contributed by atoms with Crippen LogP contribution in [0.2, 0.25) is 0 Å². The molecule has 4 rings (SSSR count). The first-order valence-electron chi connectivity index (χ1n) is 11.5. The quantitative estimate of drug-likeness (QED) is 0.792. The maximum Gasteiger partial charge on any atom is 0.237 e. The molecule has 2 heterocycles. The molecule has 1 saturated carbocycles. The molecule has 2 saturated heterocycles. The zero-order valence-electron chi connectivity index (χ0n) is 17.8. The van der Waals surface area contributed by atoms with Gasteiger partial charge in [0.25, 0.3) is 0 Å². The van der Waals surface area contributed by atoms with Gasteiger partial charge in [0.1, 0.15) is 5.75 Å². The zero-order valence-corrected chi connectivity index (χ0v) is 17.8. The van der Waals surface area contributed by atoms with Crippen molar-refractivity contribution in [2.75, 3.05) is 33.4 Å². The molecule has 5 heteroatoms. The van der Waals surface area contributed by atoms with Gasteiger partial charge in [0.2, 0.25) is 5.91 Å². The molecule has 0 spiro atoms. The van der Waals surface area contributed by atoms with Gasteiger partial charge in [-0.25, -0.2) is 0 Å². The molecule has 1 aromatic carbocycles. The maximum atomic E-state index is 13.3. The molecular weight excluding hydrogens is 364 g/mol. The fourth-order valence-electron chi connectivity index (χ4n) is 5.56. The van der Waals surface area contributed by atoms with E-state index in [4.69, 9.17) is 9.47 Å². The second-order valence-electron chi connectivity index (χ2n) is 9.03. The second kappa shape index (κ2) is 9.48. The third-order valence-corrected chi connectivity index (χ3v) is 7.39. The van der Waals surface area contributed by atoms with Crippen LogP contribution < -0.4 is 10.1 Å². The summed E-state index contributed by atoms with van der Waals surface area (Å²) in [6.45, 7) is 3.27. The third kappa shape index (κ3) is 4.61. The average Bonchev–Trinajstić information content (AvgIpc) is 3.33. The molecule has 1 aliphatic carbocycles. The molecule has 1 atom stereocenters. The Morgan fingerprint density at radius 1 is 1.10 bits per heavy atom. The first kappa shape index (κ1) is 20.7. The van der Waals surface area contributed by atoms with E-state index in [0.717, 1.165) is 44.8 Å². The van der Waals surface area contributed by atoms with E-state index in [0.29, 0.717) is 12.6 Å². The van der Waals surface area contributed by atoms with Crippen molar-refractivity contribution in [2.24, 2.45) is 0 Å². The highest BCUT2D eigenvalue weighted by Gasteiger charge is 2.38. The molecular formula is C24H36N2O3. The standard InChI is InChI=1S/C24H36N2O3/c1-28-21-11-9-19(10-12-21)24(13-16-29-17-14-24)18-25-23(27)22-8-4-5-15-26(22)20-6-2-3-7-20/h9-12,20,22H,2-8,13-18H2,1H3,(H,25,27). The molecule has 2 aliphatic heterocycles. The normalized spacial score (nSPS) is 25.6. The number of carbonyl (C=O) groups is 1. The zero-order chi connectivity index (χ0) is 20.1. The molecule has 3 aliphatic rings. The summed E-state index contributed by atoms with van der Waals surface area (Å²) in [6, 6.07) is 9.03. The van der Waals surface area contributed by atoms with Crippen molar-refractivity contribution in [3.63, 3.8) is 0 Å². The lowest BCUT2D eigenvalue weighted by molar-refractivity contribution is -0.129. The van der Waals surface area contributed by atoms with Crippen molar-refractivity contribution in [3.05, 3.63) is 29.8 Å². The van der Waals surface area contributed by atoms with E-state index in [2.05, 4.69) is 22.3 Å². The van der Waals surface area contributed by atoms with Crippen LogP contribution in [0.25, 0.3) is 0 Å². The minimum absolute atomic E-state index is 0.0486. The number of benzene rings is 1. The molecule has 5 nitrogen and oxygen atoms in total. The minimum Gasteiger partial charge on any atom is -0.497 e. The Morgan fingerprint density at radius 2 is 1.79 bits per heavy atom. The first-order valence-corrected chi connectivity index (χ1v) is 11.5. The number of ether oxygens (including phenoxy) is 2. The Balaban J connectivity index is 1.45. The summed E-state index contributed by atoms with van der Waals surface area (Å²) < 4.78 is 11.0. The van der Waals surface area contributed by atoms with Gasteiger partial charge in [0.05, 0.1) is 13.2 Å². The molecule has 1 amide bonds. The Hall–Kier alpha value is -1.59. The third-order valence-electron chi connectivity index (χ3n) is 7.39. The number of carbonyl (C=O) groups excluding carboxylic acids is 1. The number of piperidine rings is 1. The largest absolute Gasteiger partial charge is 0.497 e. The molecule has 160 valence electrons. The summed E-state index contributed by atoms with van der Waals surface area (Å²) in [5.41, 5.74) is 1.23. The lowest BCUT2D eigenvalue weighted by Gasteiger charge is -2.41. The lowest BCUT2D eigenvalue weighted by atomic mass is 9.74. The predicted molar refractivity (Wildman–Crippen MR) is 114 cm³/mol. The smallest absolute Gasteiger partial charge is 0.237 e. The molecule has 0 aromatic heterocycles. The molecule has 1 N–H and O–H groups in total. The number of rotatable bonds is 6. The summed E-state index contributed by atoms with van der Waals surface area (Å²) in [4.78, 5) is 15.8. The number of hydrogen-bond acceptors (Lipinski definition) is 4. The van der Waals surface area contributed by atoms with E-state index >= 15 is 0 Å². The van der Waals surface area contributed by atoms with Crippen molar-refractivity contribution < 1.29 is 14.3 Å². The molecule has 1 unspecified atom stereocenters. The van der Waals surface area contributed by atoms with Crippen molar-refractivity contribution in [3.8, 4) is 5.75 Å². The maximum absolute atomic E-state index is 13.3. The predicted octanol–water partition coefficient (Wildman–Crippen LogP) is 3.66. The SMILES string of the molecule is COc1ccc(C2(CNC(=O)C3CCCCN3C3CCCC3)CCOCC2)cc1. The molecule has 0 radical (unpaired) electrons. The van der Waals surface area contributed by atoms with Crippen LogP contribution in [0.3, 0.4) is 0 Å². The van der Waals surface area contributed by atoms with Gasteiger partial charge in [-0.1, -0.05) is 31.4 Å². The Morgan fingerprint density at radius 3 is 2.48 bits per heavy atom. The van der Waals surface area contributed by atoms with E-state index in [1.807, 2.05) is 12.1 Å². The van der Waals surface area contributed by atoms with Crippen LogP contribution in [-0.4, -0.2) is 56.3 Å². The highest BCUT2D eigenvalue weighted by Crippen LogP contribution is 2.35. The van der Waals surface area contributed by atoms with E-state index in [9.17, 15) is 4.79 Å². The summed E-state index contributed by atoms with van der Waals surface area (Å²) >= 11 is 0. The van der Waals surface area contributed by atoms with Crippen molar-refractivity contribution in [1.29, 1.82) is 0 Å². The van der Waals surface area contributed by atoms with Crippen LogP contribution in [-0.2, 0) is 14.9 Å². The van der Waals surface area contributed by atoms with Gasteiger partial charge in [-0.2, -0.15) is 0 Å². The second-order valence-corrected chi connectivity index (χ2v) is 9.03. The molecule has 3 fully saturated rings. The van der Waals surface area contributed by atoms with Crippen LogP contribution in [0.4, 0.5) is 0 Å². The fourth-order valence-corrected chi connectivity index (χ4v) is 5.56. The average molecular weight is 401 g/mol. The number of methoxy groups -OCH3 is 1. The Kier molecular flexibility index (Phi) is 6.76. The van der Waals surface area contributed by atoms with Crippen LogP contribution in [0.15, 0.2) is 24.3 Å². The Labute approximate surface area is 175 Å². The van der Waals surface area contributed by atoms with E-state index in [1.54, 1.807) is 7.11 Å². The number of nitrogens with one attached hydrogen (secondary N) is 1. The van der Waals surface area contributed by atoms with Crippen LogP contribution in [0, 0.1) is 0 Å². The molecule has 1 aromatic rings. The van der Waals surface area contributed by atoms with E-state index < -0.39 is 0 Å². The summed E-state index contributed by atoms with van der Waals surface area (Å²) in [5.74, 6) is 1.10. The van der Waals surface area contributed by atoms with E-state index in [-0.39, 0.29) is 17.4 Å².